The van der Waals surface area contributed by atoms with Crippen LogP contribution in [0.3, 0.4) is 0 Å². The van der Waals surface area contributed by atoms with Crippen molar-refractivity contribution in [3.05, 3.63) is 122 Å². The van der Waals surface area contributed by atoms with Crippen LogP contribution in [0.1, 0.15) is 110 Å². The van der Waals surface area contributed by atoms with Crippen LogP contribution in [-0.4, -0.2) is 108 Å². The number of thiazole rings is 1. The zero-order valence-corrected chi connectivity index (χ0v) is 44.3. The summed E-state index contributed by atoms with van der Waals surface area (Å²) in [4.78, 5) is 72.4. The second kappa shape index (κ2) is 21.1. The number of aliphatic hydroxyl groups excluding tert-OH is 1. The number of amides is 4. The van der Waals surface area contributed by atoms with Gasteiger partial charge in [0, 0.05) is 58.9 Å². The van der Waals surface area contributed by atoms with Gasteiger partial charge >= 0.3 is 0 Å². The highest BCUT2D eigenvalue weighted by Gasteiger charge is 2.45. The Bertz CT molecular complexity index is 3050. The molecule has 1 saturated carbocycles. The second-order valence-electron chi connectivity index (χ2n) is 20.1. The molecule has 6 heterocycles. The van der Waals surface area contributed by atoms with Crippen LogP contribution < -0.4 is 25.4 Å². The summed E-state index contributed by atoms with van der Waals surface area (Å²) in [7, 11) is 0. The predicted octanol–water partition coefficient (Wildman–Crippen LogP) is 7.49. The predicted molar refractivity (Wildman–Crippen MR) is 280 cm³/mol. The van der Waals surface area contributed by atoms with Crippen molar-refractivity contribution in [3.63, 3.8) is 0 Å². The van der Waals surface area contributed by atoms with E-state index < -0.39 is 54.0 Å². The first-order valence-electron chi connectivity index (χ1n) is 24.3. The number of ether oxygens (including phenoxy) is 2. The quantitative estimate of drug-likeness (QED) is 0.0791. The highest BCUT2D eigenvalue weighted by molar-refractivity contribution is 7.15. The minimum absolute atomic E-state index is 0.0471. The first-order valence-corrected chi connectivity index (χ1v) is 26.4. The number of carbonyl (C=O) groups excluding carboxylic acids is 4. The lowest BCUT2D eigenvalue weighted by atomic mass is 9.85. The molecule has 2 aliphatic heterocycles. The standard InChI is InChI=1S/C53H59ClN10O7S2/c1-27-30(4)73-52-45(27)46(33-13-15-35(54)16-14-33)59-40(49-62-61-31(5)64(49)52)22-42(66)58-36-19-39(20-36)71-44-18-17-38(23-55-44)70-25-43(67)60-48(53(6,7)8)51(69)63-24-37(65)21-41(63)50(68)57-28(2)32-9-11-34(12-10-32)47-29(3)56-26-72-47/h9-18,23,26,28,36-37,39-41,48,65H,19-22,24-25H2,1-8H3,(H,57,68)(H,58,66)(H,60,67)/t28-,36?,37-,39?,40-,41+,48+/m0/s1. The molecule has 0 bridgehead atoms. The smallest absolute Gasteiger partial charge is 0.258 e. The number of hydrogen-bond donors (Lipinski definition) is 4. The van der Waals surface area contributed by atoms with Crippen LogP contribution in [0.25, 0.3) is 15.4 Å². The van der Waals surface area contributed by atoms with Crippen molar-refractivity contribution in [1.29, 1.82) is 0 Å². The summed E-state index contributed by atoms with van der Waals surface area (Å²) >= 11 is 9.49. The van der Waals surface area contributed by atoms with E-state index in [9.17, 15) is 24.3 Å². The van der Waals surface area contributed by atoms with E-state index in [1.54, 1.807) is 34.8 Å². The van der Waals surface area contributed by atoms with Crippen molar-refractivity contribution >= 4 is 63.6 Å². The summed E-state index contributed by atoms with van der Waals surface area (Å²) in [6.45, 7) is 14.9. The third-order valence-corrected chi connectivity index (χ3v) is 16.0. The number of rotatable bonds is 15. The minimum atomic E-state index is -1.03. The van der Waals surface area contributed by atoms with E-state index >= 15 is 0 Å². The number of aryl methyl sites for hydroxylation is 3. The molecule has 73 heavy (non-hydrogen) atoms. The zero-order valence-electron chi connectivity index (χ0n) is 41.9. The average molecular weight is 1050 g/mol. The van der Waals surface area contributed by atoms with Gasteiger partial charge in [-0.2, -0.15) is 0 Å². The molecule has 4 aromatic heterocycles. The van der Waals surface area contributed by atoms with Crippen LogP contribution in [0.15, 0.2) is 77.4 Å². The molecular formula is C53H59ClN10O7S2. The van der Waals surface area contributed by atoms with E-state index in [0.717, 1.165) is 59.8 Å². The van der Waals surface area contributed by atoms with Gasteiger partial charge in [0.25, 0.3) is 5.91 Å². The van der Waals surface area contributed by atoms with E-state index in [4.69, 9.17) is 26.1 Å². The van der Waals surface area contributed by atoms with Gasteiger partial charge in [-0.05, 0) is 74.9 Å². The number of halogens is 1. The maximum atomic E-state index is 14.2. The SMILES string of the molecule is Cc1ncsc1-c1ccc([C@H](C)NC(=O)[C@H]2C[C@H](O)CN2C(=O)[C@@H](NC(=O)COc2ccc(OC3CC(NC(=O)C[C@@H]4N=C(c5ccc(Cl)cc5)c5c(sc(C)c5C)-n5c(C)nnc54)C3)nc2)C(C)(C)C)cc1. The van der Waals surface area contributed by atoms with Crippen molar-refractivity contribution in [2.75, 3.05) is 13.2 Å². The summed E-state index contributed by atoms with van der Waals surface area (Å²) in [6, 6.07) is 15.7. The zero-order chi connectivity index (χ0) is 51.9. The average Bonchev–Trinajstić information content (AvgIpc) is 4.11. The van der Waals surface area contributed by atoms with Crippen LogP contribution >= 0.6 is 34.3 Å². The normalized spacial score (nSPS) is 20.1. The van der Waals surface area contributed by atoms with Gasteiger partial charge in [0.1, 0.15) is 40.8 Å². The maximum Gasteiger partial charge on any atom is 0.258 e. The van der Waals surface area contributed by atoms with Gasteiger partial charge in [-0.15, -0.1) is 32.9 Å². The first kappa shape index (κ1) is 51.4. The van der Waals surface area contributed by atoms with Gasteiger partial charge in [-0.3, -0.25) is 28.7 Å². The van der Waals surface area contributed by atoms with Gasteiger partial charge in [0.2, 0.25) is 23.6 Å². The Hall–Kier alpha value is -6.54. The molecule has 9 rings (SSSR count). The minimum Gasteiger partial charge on any atom is -0.482 e. The van der Waals surface area contributed by atoms with Crippen LogP contribution in [0, 0.1) is 33.1 Å². The number of nitrogens with zero attached hydrogens (tertiary/aromatic N) is 7. The number of β-amino-alcohol motifs (C(OH)–C–C–N with tert-alkyl or cyclic N) is 1. The van der Waals surface area contributed by atoms with Crippen LogP contribution in [-0.2, 0) is 19.2 Å². The number of aliphatic hydroxyl groups is 1. The van der Waals surface area contributed by atoms with Gasteiger partial charge in [-0.1, -0.05) is 68.8 Å². The number of carbonyl (C=O) groups is 4. The summed E-state index contributed by atoms with van der Waals surface area (Å²) < 4.78 is 13.9. The highest BCUT2D eigenvalue weighted by Crippen LogP contribution is 2.40. The van der Waals surface area contributed by atoms with Crippen molar-refractivity contribution in [1.82, 2.24) is 45.6 Å². The number of hydrogen-bond acceptors (Lipinski definition) is 14. The number of pyridine rings is 1. The topological polar surface area (TPSA) is 215 Å². The number of aromatic nitrogens is 5. The molecule has 382 valence electrons. The molecule has 3 aliphatic rings. The molecule has 4 amide bonds. The fourth-order valence-corrected chi connectivity index (χ4v) is 11.6. The van der Waals surface area contributed by atoms with Crippen molar-refractivity contribution < 1.29 is 33.8 Å². The summed E-state index contributed by atoms with van der Waals surface area (Å²) in [6.07, 6.45) is 1.68. The molecule has 0 unspecified atom stereocenters. The van der Waals surface area contributed by atoms with E-state index in [0.29, 0.717) is 35.3 Å². The van der Waals surface area contributed by atoms with Gasteiger partial charge in [0.05, 0.1) is 46.6 Å². The Morgan fingerprint density at radius 3 is 2.30 bits per heavy atom. The second-order valence-corrected chi connectivity index (χ2v) is 22.6. The van der Waals surface area contributed by atoms with Crippen LogP contribution in [0.4, 0.5) is 0 Å². The van der Waals surface area contributed by atoms with Crippen LogP contribution in [0.2, 0.25) is 5.02 Å². The molecule has 17 nitrogen and oxygen atoms in total. The number of fused-ring (bicyclic) bond motifs is 3. The highest BCUT2D eigenvalue weighted by atomic mass is 35.5. The molecule has 5 atom stereocenters. The lowest BCUT2D eigenvalue weighted by Crippen LogP contribution is -2.58. The Morgan fingerprint density at radius 1 is 0.904 bits per heavy atom. The molecule has 0 spiro atoms. The molecule has 2 aromatic carbocycles. The molecular weight excluding hydrogens is 988 g/mol. The third kappa shape index (κ3) is 11.2. The first-order chi connectivity index (χ1) is 34.8. The number of likely N-dealkylation sites (tertiary alicyclic amines) is 1. The van der Waals surface area contributed by atoms with Crippen molar-refractivity contribution in [2.24, 2.45) is 10.4 Å². The Morgan fingerprint density at radius 2 is 1.63 bits per heavy atom. The third-order valence-electron chi connectivity index (χ3n) is 13.6. The van der Waals surface area contributed by atoms with Crippen molar-refractivity contribution in [3.8, 4) is 27.1 Å². The Kier molecular flexibility index (Phi) is 14.9. The lowest BCUT2D eigenvalue weighted by molar-refractivity contribution is -0.144. The van der Waals surface area contributed by atoms with E-state index in [1.807, 2.05) is 100 Å². The lowest BCUT2D eigenvalue weighted by Gasteiger charge is -2.35. The number of benzene rings is 2. The number of aliphatic imine (C=N–C) groups is 1. The molecule has 20 heteroatoms. The molecule has 1 aliphatic carbocycles. The number of nitrogens with one attached hydrogen (secondary N) is 3. The monoisotopic (exact) mass is 1050 g/mol. The molecule has 6 aromatic rings. The Balaban J connectivity index is 0.750. The fourth-order valence-electron chi connectivity index (χ4n) is 9.43. The fraction of sp³-hybridized carbons (Fsp3) is 0.415. The number of thiophene rings is 1. The maximum absolute atomic E-state index is 14.2. The summed E-state index contributed by atoms with van der Waals surface area (Å²) in [5.74, 6) is 0.432. The van der Waals surface area contributed by atoms with E-state index in [-0.39, 0.29) is 43.5 Å². The molecule has 2 fully saturated rings. The van der Waals surface area contributed by atoms with Crippen LogP contribution in [0.5, 0.6) is 11.6 Å². The van der Waals surface area contributed by atoms with Gasteiger partial charge in [-0.25, -0.2) is 9.97 Å². The van der Waals surface area contributed by atoms with E-state index in [2.05, 4.69) is 50.0 Å². The van der Waals surface area contributed by atoms with Gasteiger partial charge in [0.15, 0.2) is 12.4 Å². The molecule has 0 radical (unpaired) electrons. The van der Waals surface area contributed by atoms with Gasteiger partial charge < -0.3 is 35.4 Å². The molecule has 4 N–H and O–H groups in total. The largest absolute Gasteiger partial charge is 0.482 e. The van der Waals surface area contributed by atoms with E-state index in [1.165, 1.54) is 11.1 Å². The molecule has 1 saturated heterocycles. The summed E-state index contributed by atoms with van der Waals surface area (Å²) in [5.41, 5.74) is 7.73. The van der Waals surface area contributed by atoms with Crippen molar-refractivity contribution in [2.45, 2.75) is 123 Å². The summed E-state index contributed by atoms with van der Waals surface area (Å²) in [5, 5.41) is 30.2. The Labute approximate surface area is 436 Å².